The Morgan fingerprint density at radius 3 is 2.24 bits per heavy atom. The van der Waals surface area contributed by atoms with Crippen molar-refractivity contribution in [3.8, 4) is 11.5 Å². The summed E-state index contributed by atoms with van der Waals surface area (Å²) in [6.07, 6.45) is 0. The number of carbonyl (C=O) groups is 2. The van der Waals surface area contributed by atoms with Gasteiger partial charge in [-0.25, -0.2) is 0 Å². The Bertz CT molecular complexity index is 1220. The number of hydrogen-bond acceptors (Lipinski definition) is 5. The van der Waals surface area contributed by atoms with Gasteiger partial charge in [0.15, 0.2) is 0 Å². The maximum Gasteiger partial charge on any atom is 0.295 e. The molecule has 0 saturated carbocycles. The fourth-order valence-corrected chi connectivity index (χ4v) is 4.07. The van der Waals surface area contributed by atoms with Crippen LogP contribution >= 0.6 is 11.6 Å². The maximum atomic E-state index is 13.2. The van der Waals surface area contributed by atoms with E-state index in [-0.39, 0.29) is 17.9 Å². The third kappa shape index (κ3) is 4.30. The lowest BCUT2D eigenvalue weighted by atomic mass is 9.95. The van der Waals surface area contributed by atoms with Crippen LogP contribution in [0.25, 0.3) is 5.76 Å². The van der Waals surface area contributed by atoms with Crippen LogP contribution in [0.15, 0.2) is 78.4 Å². The summed E-state index contributed by atoms with van der Waals surface area (Å²) in [5, 5.41) is 11.7. The second-order valence-corrected chi connectivity index (χ2v) is 7.96. The van der Waals surface area contributed by atoms with E-state index < -0.39 is 17.7 Å². The van der Waals surface area contributed by atoms with E-state index in [2.05, 4.69) is 0 Å². The minimum Gasteiger partial charge on any atom is -0.507 e. The number of rotatable bonds is 6. The largest absolute Gasteiger partial charge is 0.507 e. The molecule has 1 heterocycles. The lowest BCUT2D eigenvalue weighted by molar-refractivity contribution is -0.140. The first kappa shape index (κ1) is 22.4. The SMILES string of the molecule is COc1ccc(CN2C(=O)C(=O)/C(=C(\O)c3ccccc3OC)C2c2ccc(Cl)cc2)cc1. The van der Waals surface area contributed by atoms with Gasteiger partial charge in [-0.3, -0.25) is 9.59 Å². The third-order valence-electron chi connectivity index (χ3n) is 5.60. The number of para-hydroxylation sites is 1. The van der Waals surface area contributed by atoms with Crippen molar-refractivity contribution in [1.82, 2.24) is 4.90 Å². The van der Waals surface area contributed by atoms with Gasteiger partial charge in [0.2, 0.25) is 0 Å². The molecule has 1 aliphatic rings. The monoisotopic (exact) mass is 463 g/mol. The van der Waals surface area contributed by atoms with Crippen LogP contribution in [0.2, 0.25) is 5.02 Å². The minimum absolute atomic E-state index is 0.000309. The van der Waals surface area contributed by atoms with Gasteiger partial charge in [-0.1, -0.05) is 48.0 Å². The molecule has 7 heteroatoms. The second-order valence-electron chi connectivity index (χ2n) is 7.53. The first-order valence-electron chi connectivity index (χ1n) is 10.2. The number of halogens is 1. The third-order valence-corrected chi connectivity index (χ3v) is 5.85. The van der Waals surface area contributed by atoms with Gasteiger partial charge in [-0.2, -0.15) is 0 Å². The molecule has 0 radical (unpaired) electrons. The molecule has 6 nitrogen and oxygen atoms in total. The summed E-state index contributed by atoms with van der Waals surface area (Å²) in [7, 11) is 3.05. The molecule has 4 rings (SSSR count). The molecule has 1 aliphatic heterocycles. The van der Waals surface area contributed by atoms with Gasteiger partial charge in [0.1, 0.15) is 17.3 Å². The fourth-order valence-electron chi connectivity index (χ4n) is 3.95. The summed E-state index contributed by atoms with van der Waals surface area (Å²) in [6, 6.07) is 20.1. The van der Waals surface area contributed by atoms with E-state index >= 15 is 0 Å². The van der Waals surface area contributed by atoms with E-state index in [1.807, 2.05) is 12.1 Å². The Hall–Kier alpha value is -3.77. The van der Waals surface area contributed by atoms with Crippen LogP contribution in [-0.2, 0) is 16.1 Å². The highest BCUT2D eigenvalue weighted by Gasteiger charge is 2.46. The normalized spacial score (nSPS) is 17.3. The smallest absolute Gasteiger partial charge is 0.295 e. The summed E-state index contributed by atoms with van der Waals surface area (Å²) < 4.78 is 10.6. The summed E-state index contributed by atoms with van der Waals surface area (Å²) in [4.78, 5) is 27.8. The number of amides is 1. The maximum absolute atomic E-state index is 13.2. The second kappa shape index (κ2) is 9.38. The van der Waals surface area contributed by atoms with Crippen LogP contribution in [0.1, 0.15) is 22.7 Å². The van der Waals surface area contributed by atoms with E-state index in [1.165, 1.54) is 12.0 Å². The molecule has 168 valence electrons. The van der Waals surface area contributed by atoms with Gasteiger partial charge in [-0.15, -0.1) is 0 Å². The van der Waals surface area contributed by atoms with Gasteiger partial charge in [0.25, 0.3) is 11.7 Å². The highest BCUT2D eigenvalue weighted by atomic mass is 35.5. The van der Waals surface area contributed by atoms with E-state index in [0.29, 0.717) is 27.6 Å². The van der Waals surface area contributed by atoms with E-state index in [9.17, 15) is 14.7 Å². The Labute approximate surface area is 196 Å². The number of ether oxygens (including phenoxy) is 2. The number of nitrogens with zero attached hydrogens (tertiary/aromatic N) is 1. The van der Waals surface area contributed by atoms with Gasteiger partial charge in [0.05, 0.1) is 31.4 Å². The van der Waals surface area contributed by atoms with E-state index in [4.69, 9.17) is 21.1 Å². The number of carbonyl (C=O) groups excluding carboxylic acids is 2. The number of methoxy groups -OCH3 is 2. The zero-order chi connectivity index (χ0) is 23.5. The van der Waals surface area contributed by atoms with Crippen LogP contribution in [0.4, 0.5) is 0 Å². The first-order valence-corrected chi connectivity index (χ1v) is 10.6. The zero-order valence-corrected chi connectivity index (χ0v) is 18.9. The summed E-state index contributed by atoms with van der Waals surface area (Å²) >= 11 is 6.07. The standard InChI is InChI=1S/C26H22ClNO5/c1-32-19-13-7-16(8-14-19)15-28-23(17-9-11-18(27)12-10-17)22(25(30)26(28)31)24(29)20-5-3-4-6-21(20)33-2/h3-14,23,29H,15H2,1-2H3/b24-22-. The van der Waals surface area contributed by atoms with Crippen molar-refractivity contribution in [3.63, 3.8) is 0 Å². The zero-order valence-electron chi connectivity index (χ0n) is 18.1. The number of hydrogen-bond donors (Lipinski definition) is 1. The number of aliphatic hydroxyl groups excluding tert-OH is 1. The van der Waals surface area contributed by atoms with E-state index in [1.54, 1.807) is 67.8 Å². The Balaban J connectivity index is 1.85. The molecular weight excluding hydrogens is 442 g/mol. The Morgan fingerprint density at radius 1 is 0.939 bits per heavy atom. The molecule has 3 aromatic carbocycles. The number of benzene rings is 3. The Morgan fingerprint density at radius 2 is 1.61 bits per heavy atom. The lowest BCUT2D eigenvalue weighted by Crippen LogP contribution is -2.29. The quantitative estimate of drug-likeness (QED) is 0.317. The van der Waals surface area contributed by atoms with Crippen LogP contribution in [-0.4, -0.2) is 35.9 Å². The molecule has 1 N–H and O–H groups in total. The average molecular weight is 464 g/mol. The van der Waals surface area contributed by atoms with Gasteiger partial charge >= 0.3 is 0 Å². The van der Waals surface area contributed by atoms with Crippen LogP contribution < -0.4 is 9.47 Å². The highest BCUT2D eigenvalue weighted by molar-refractivity contribution is 6.46. The molecule has 0 bridgehead atoms. The molecule has 0 spiro atoms. The summed E-state index contributed by atoms with van der Waals surface area (Å²) in [5.74, 6) is -0.658. The van der Waals surface area contributed by atoms with Gasteiger partial charge < -0.3 is 19.5 Å². The first-order chi connectivity index (χ1) is 15.9. The van der Waals surface area contributed by atoms with Crippen molar-refractivity contribution in [1.29, 1.82) is 0 Å². The molecule has 1 amide bonds. The number of likely N-dealkylation sites (tertiary alicyclic amines) is 1. The summed E-state index contributed by atoms with van der Waals surface area (Å²) in [5.41, 5.74) is 1.80. The lowest BCUT2D eigenvalue weighted by Gasteiger charge is -2.25. The van der Waals surface area contributed by atoms with Gasteiger partial charge in [0, 0.05) is 11.6 Å². The minimum atomic E-state index is -0.797. The van der Waals surface area contributed by atoms with Gasteiger partial charge in [-0.05, 0) is 47.5 Å². The highest BCUT2D eigenvalue weighted by Crippen LogP contribution is 2.41. The number of Topliss-reactive ketones (excluding diaryl/α,β-unsaturated/α-hetero) is 1. The van der Waals surface area contributed by atoms with Crippen LogP contribution in [0, 0.1) is 0 Å². The number of aliphatic hydroxyl groups is 1. The van der Waals surface area contributed by atoms with Crippen molar-refractivity contribution in [2.45, 2.75) is 12.6 Å². The predicted molar refractivity (Wildman–Crippen MR) is 125 cm³/mol. The molecule has 3 aromatic rings. The Kier molecular flexibility index (Phi) is 6.38. The molecule has 0 aromatic heterocycles. The van der Waals surface area contributed by atoms with Crippen LogP contribution in [0.5, 0.6) is 11.5 Å². The molecule has 1 saturated heterocycles. The van der Waals surface area contributed by atoms with Crippen molar-refractivity contribution in [3.05, 3.63) is 100 Å². The van der Waals surface area contributed by atoms with Crippen molar-refractivity contribution in [2.75, 3.05) is 14.2 Å². The van der Waals surface area contributed by atoms with Crippen molar-refractivity contribution >= 4 is 29.1 Å². The topological polar surface area (TPSA) is 76.1 Å². The van der Waals surface area contributed by atoms with E-state index in [0.717, 1.165) is 5.56 Å². The molecular formula is C26H22ClNO5. The molecule has 33 heavy (non-hydrogen) atoms. The van der Waals surface area contributed by atoms with Crippen molar-refractivity contribution in [2.24, 2.45) is 0 Å². The fraction of sp³-hybridized carbons (Fsp3) is 0.154. The molecule has 1 atom stereocenters. The predicted octanol–water partition coefficient (Wildman–Crippen LogP) is 4.98. The molecule has 1 unspecified atom stereocenters. The average Bonchev–Trinajstić information content (AvgIpc) is 3.09. The number of ketones is 1. The summed E-state index contributed by atoms with van der Waals surface area (Å²) in [6.45, 7) is 0.171. The van der Waals surface area contributed by atoms with Crippen molar-refractivity contribution < 1.29 is 24.2 Å². The molecule has 0 aliphatic carbocycles. The van der Waals surface area contributed by atoms with Crippen LogP contribution in [0.3, 0.4) is 0 Å². The molecule has 1 fully saturated rings.